The quantitative estimate of drug-likeness (QED) is 0.159. The zero-order valence-electron chi connectivity index (χ0n) is 29.3. The number of carbonyl (C=O) groups excluding carboxylic acids is 1. The van der Waals surface area contributed by atoms with Crippen molar-refractivity contribution < 1.29 is 19.0 Å². The van der Waals surface area contributed by atoms with Gasteiger partial charge in [-0.1, -0.05) is 67.5 Å². The Balaban J connectivity index is 0.000000224. The third-order valence-corrected chi connectivity index (χ3v) is 10.5. The minimum absolute atomic E-state index is 0. The molecule has 7 rings (SSSR count). The van der Waals surface area contributed by atoms with Gasteiger partial charge in [0, 0.05) is 60.1 Å². The molecule has 0 N–H and O–H groups in total. The van der Waals surface area contributed by atoms with Crippen molar-refractivity contribution in [1.29, 1.82) is 0 Å². The van der Waals surface area contributed by atoms with Crippen LogP contribution in [0.2, 0.25) is 5.02 Å². The van der Waals surface area contributed by atoms with Crippen LogP contribution in [0.1, 0.15) is 26.3 Å². The van der Waals surface area contributed by atoms with Crippen molar-refractivity contribution in [1.82, 2.24) is 14.7 Å². The highest BCUT2D eigenvalue weighted by Crippen LogP contribution is 2.47. The molecule has 4 aromatic rings. The average molecular weight is 774 g/mol. The van der Waals surface area contributed by atoms with Gasteiger partial charge in [0.25, 0.3) is 5.91 Å². The normalized spacial score (nSPS) is 15.0. The highest BCUT2D eigenvalue weighted by atomic mass is 35.5. The minimum atomic E-state index is 0. The fraction of sp³-hybridized carbons (Fsp3) is 0.359. The smallest absolute Gasteiger partial charge is 0.260 e. The Morgan fingerprint density at radius 2 is 1.45 bits per heavy atom. The number of hydrogen-bond acceptors (Lipinski definition) is 8. The lowest BCUT2D eigenvalue weighted by Crippen LogP contribution is -2.49. The fourth-order valence-electron chi connectivity index (χ4n) is 6.42. The van der Waals surface area contributed by atoms with Gasteiger partial charge in [-0.25, -0.2) is 0 Å². The number of benzene rings is 4. The van der Waals surface area contributed by atoms with Gasteiger partial charge in [0.15, 0.2) is 18.1 Å². The van der Waals surface area contributed by atoms with E-state index < -0.39 is 0 Å². The van der Waals surface area contributed by atoms with Gasteiger partial charge in [-0.15, -0.1) is 24.8 Å². The molecule has 1 fully saturated rings. The van der Waals surface area contributed by atoms with E-state index in [1.54, 1.807) is 24.3 Å². The van der Waals surface area contributed by atoms with Crippen molar-refractivity contribution >= 4 is 65.5 Å². The van der Waals surface area contributed by atoms with Crippen LogP contribution < -0.4 is 19.1 Å². The Labute approximate surface area is 323 Å². The Kier molecular flexibility index (Phi) is 15.5. The number of fused-ring (bicyclic) bond motifs is 3. The van der Waals surface area contributed by atoms with Crippen LogP contribution in [0.15, 0.2) is 101 Å². The monoisotopic (exact) mass is 772 g/mol. The molecule has 8 nitrogen and oxygen atoms in total. The molecule has 51 heavy (non-hydrogen) atoms. The molecule has 1 atom stereocenters. The number of para-hydroxylation sites is 2. The molecule has 0 bridgehead atoms. The summed E-state index contributed by atoms with van der Waals surface area (Å²) in [6.45, 7) is 14.3. The summed E-state index contributed by atoms with van der Waals surface area (Å²) in [6, 6.07) is 31.1. The van der Waals surface area contributed by atoms with Gasteiger partial charge in [0.05, 0.1) is 11.4 Å². The summed E-state index contributed by atoms with van der Waals surface area (Å²) in [5, 5.41) is 0.646. The molecule has 0 aliphatic carbocycles. The van der Waals surface area contributed by atoms with Crippen LogP contribution in [0, 0.1) is 0 Å². The molecule has 0 saturated carbocycles. The van der Waals surface area contributed by atoms with Crippen LogP contribution in [0.5, 0.6) is 17.2 Å². The van der Waals surface area contributed by atoms with E-state index in [4.69, 9.17) is 25.8 Å². The zero-order valence-corrected chi connectivity index (χ0v) is 32.5. The summed E-state index contributed by atoms with van der Waals surface area (Å²) in [4.78, 5) is 24.3. The maximum Gasteiger partial charge on any atom is 0.260 e. The van der Waals surface area contributed by atoms with Gasteiger partial charge < -0.3 is 24.0 Å². The van der Waals surface area contributed by atoms with E-state index >= 15 is 0 Å². The number of anilines is 2. The molecule has 3 heterocycles. The number of likely N-dealkylation sites (N-methyl/N-ethyl adjacent to an activating group) is 1. The Bertz CT molecular complexity index is 1660. The molecule has 1 saturated heterocycles. The van der Waals surface area contributed by atoms with Gasteiger partial charge >= 0.3 is 0 Å². The second kappa shape index (κ2) is 19.5. The maximum absolute atomic E-state index is 12.4. The van der Waals surface area contributed by atoms with E-state index in [0.29, 0.717) is 29.9 Å². The first-order valence-electron chi connectivity index (χ1n) is 17.1. The van der Waals surface area contributed by atoms with Crippen LogP contribution >= 0.6 is 48.2 Å². The second-order valence-corrected chi connectivity index (χ2v) is 13.8. The number of rotatable bonds is 10. The van der Waals surface area contributed by atoms with Crippen molar-refractivity contribution in [2.45, 2.75) is 43.1 Å². The first kappa shape index (κ1) is 40.5. The molecule has 274 valence electrons. The lowest BCUT2D eigenvalue weighted by Gasteiger charge is -2.37. The van der Waals surface area contributed by atoms with E-state index in [1.165, 1.54) is 26.7 Å². The third kappa shape index (κ3) is 10.4. The van der Waals surface area contributed by atoms with Crippen molar-refractivity contribution in [3.8, 4) is 17.2 Å². The molecule has 3 aliphatic rings. The molecule has 12 heteroatoms. The molecule has 4 aromatic carbocycles. The van der Waals surface area contributed by atoms with Gasteiger partial charge in [-0.05, 0) is 86.2 Å². The standard InChI is InChI=1S/C20H21ClN2O4.C19H24N2S.2ClH/c21-16-2-4-17(5-3-16)25-13-20(24)23-9-7-22(8-10-23)12-15-1-6-18-19(11-15)27-14-26-18;1-4-20(5-2)15(3)14-21-16-10-6-8-12-18(16)22-19-13-9-7-11-17(19)21;;/h1-6,11H,7-10,12-14H2;6-13,15H,4-5,14H2,1-3H3;2*1H. The summed E-state index contributed by atoms with van der Waals surface area (Å²) in [7, 11) is 0. The molecule has 1 amide bonds. The van der Waals surface area contributed by atoms with Crippen LogP contribution in [0.4, 0.5) is 11.4 Å². The number of piperazine rings is 1. The summed E-state index contributed by atoms with van der Waals surface area (Å²) >= 11 is 7.72. The number of halogens is 3. The van der Waals surface area contributed by atoms with Crippen molar-refractivity contribution in [3.63, 3.8) is 0 Å². The number of carbonyl (C=O) groups is 1. The zero-order chi connectivity index (χ0) is 34.2. The Morgan fingerprint density at radius 1 is 0.843 bits per heavy atom. The molecular formula is C39H47Cl3N4O4S. The Morgan fingerprint density at radius 3 is 2.08 bits per heavy atom. The van der Waals surface area contributed by atoms with Crippen molar-refractivity contribution in [3.05, 3.63) is 102 Å². The maximum atomic E-state index is 12.4. The van der Waals surface area contributed by atoms with E-state index in [0.717, 1.165) is 50.8 Å². The second-order valence-electron chi connectivity index (χ2n) is 12.3. The molecule has 1 unspecified atom stereocenters. The van der Waals surface area contributed by atoms with E-state index in [9.17, 15) is 4.79 Å². The van der Waals surface area contributed by atoms with E-state index in [1.807, 2.05) is 28.8 Å². The molecule has 3 aliphatic heterocycles. The summed E-state index contributed by atoms with van der Waals surface area (Å²) < 4.78 is 16.3. The first-order valence-corrected chi connectivity index (χ1v) is 18.3. The third-order valence-electron chi connectivity index (χ3n) is 9.16. The van der Waals surface area contributed by atoms with Crippen LogP contribution in [-0.4, -0.2) is 85.9 Å². The Hall–Kier alpha value is -3.31. The number of ether oxygens (including phenoxy) is 3. The SMILES string of the molecule is CCN(CC)C(C)CN1c2ccccc2Sc2ccccc21.Cl.Cl.O=C(COc1ccc(Cl)cc1)N1CCN(Cc2ccc3c(c2)OCO3)CC1. The van der Waals surface area contributed by atoms with Gasteiger partial charge in [-0.2, -0.15) is 0 Å². The van der Waals surface area contributed by atoms with Gasteiger partial charge in [-0.3, -0.25) is 14.6 Å². The van der Waals surface area contributed by atoms with Crippen molar-refractivity contribution in [2.24, 2.45) is 0 Å². The first-order chi connectivity index (χ1) is 23.9. The summed E-state index contributed by atoms with van der Waals surface area (Å²) in [5.41, 5.74) is 3.86. The highest BCUT2D eigenvalue weighted by Gasteiger charge is 2.26. The van der Waals surface area contributed by atoms with Crippen LogP contribution in [-0.2, 0) is 11.3 Å². The molecule has 0 spiro atoms. The predicted octanol–water partition coefficient (Wildman–Crippen LogP) is 8.66. The number of amides is 1. The van der Waals surface area contributed by atoms with Gasteiger partial charge in [0.1, 0.15) is 5.75 Å². The minimum Gasteiger partial charge on any atom is -0.484 e. The topological polar surface area (TPSA) is 57.7 Å². The fourth-order valence-corrected chi connectivity index (χ4v) is 7.65. The number of hydrogen-bond donors (Lipinski definition) is 0. The molecule has 0 aromatic heterocycles. The number of nitrogens with zero attached hydrogens (tertiary/aromatic N) is 4. The lowest BCUT2D eigenvalue weighted by atomic mass is 10.1. The van der Waals surface area contributed by atoms with E-state index in [-0.39, 0.29) is 44.1 Å². The predicted molar refractivity (Wildman–Crippen MR) is 212 cm³/mol. The van der Waals surface area contributed by atoms with E-state index in [2.05, 4.69) is 90.1 Å². The average Bonchev–Trinajstić information content (AvgIpc) is 3.60. The largest absolute Gasteiger partial charge is 0.484 e. The van der Waals surface area contributed by atoms with Gasteiger partial charge in [0.2, 0.25) is 6.79 Å². The van der Waals surface area contributed by atoms with Crippen molar-refractivity contribution in [2.75, 3.05) is 64.1 Å². The van der Waals surface area contributed by atoms with Crippen LogP contribution in [0.25, 0.3) is 0 Å². The summed E-state index contributed by atoms with van der Waals surface area (Å²) in [6.07, 6.45) is 0. The highest BCUT2D eigenvalue weighted by molar-refractivity contribution is 7.99. The molecular weight excluding hydrogens is 727 g/mol. The molecule has 0 radical (unpaired) electrons. The van der Waals surface area contributed by atoms with Crippen LogP contribution in [0.3, 0.4) is 0 Å². The summed E-state index contributed by atoms with van der Waals surface area (Å²) in [5.74, 6) is 2.26. The lowest BCUT2D eigenvalue weighted by molar-refractivity contribution is -0.135.